The van der Waals surface area contributed by atoms with E-state index in [9.17, 15) is 13.2 Å². The number of hydrogen-bond acceptors (Lipinski definition) is 5. The number of halogens is 1. The fourth-order valence-electron chi connectivity index (χ4n) is 2.68. The van der Waals surface area contributed by atoms with Crippen molar-refractivity contribution in [1.29, 1.82) is 0 Å². The van der Waals surface area contributed by atoms with E-state index in [2.05, 4.69) is 10.0 Å². The third kappa shape index (κ3) is 5.90. The Labute approximate surface area is 186 Å². The van der Waals surface area contributed by atoms with Crippen LogP contribution >= 0.6 is 11.6 Å². The van der Waals surface area contributed by atoms with Crippen LogP contribution in [0.25, 0.3) is 0 Å². The normalized spacial score (nSPS) is 10.9. The van der Waals surface area contributed by atoms with Crippen molar-refractivity contribution < 1.29 is 22.7 Å². The average Bonchev–Trinajstić information content (AvgIpc) is 2.75. The van der Waals surface area contributed by atoms with E-state index in [1.54, 1.807) is 30.3 Å². The molecule has 31 heavy (non-hydrogen) atoms. The van der Waals surface area contributed by atoms with Crippen molar-refractivity contribution in [3.8, 4) is 11.5 Å². The molecule has 162 valence electrons. The highest BCUT2D eigenvalue weighted by Crippen LogP contribution is 2.28. The summed E-state index contributed by atoms with van der Waals surface area (Å²) in [5.41, 5.74) is 1.99. The van der Waals surface area contributed by atoms with Gasteiger partial charge in [0.25, 0.3) is 15.9 Å². The number of carbonyl (C=O) groups excluding carboxylic acids is 1. The molecule has 3 rings (SSSR count). The molecule has 2 N–H and O–H groups in total. The molecule has 0 fully saturated rings. The van der Waals surface area contributed by atoms with Gasteiger partial charge in [-0.05, 0) is 61.0 Å². The molecule has 3 aromatic rings. The maximum Gasteiger partial charge on any atom is 0.262 e. The van der Waals surface area contributed by atoms with Crippen molar-refractivity contribution in [2.24, 2.45) is 0 Å². The summed E-state index contributed by atoms with van der Waals surface area (Å²) in [5, 5.41) is 2.82. The lowest BCUT2D eigenvalue weighted by Gasteiger charge is -2.12. The fourth-order valence-corrected chi connectivity index (χ4v) is 4.07. The van der Waals surface area contributed by atoms with E-state index in [1.807, 2.05) is 25.1 Å². The van der Waals surface area contributed by atoms with Crippen molar-refractivity contribution >= 4 is 38.9 Å². The van der Waals surface area contributed by atoms with Crippen molar-refractivity contribution in [2.75, 3.05) is 23.8 Å². The fraction of sp³-hybridized carbons (Fsp3) is 0.136. The van der Waals surface area contributed by atoms with Gasteiger partial charge < -0.3 is 14.8 Å². The highest BCUT2D eigenvalue weighted by atomic mass is 35.5. The third-order valence-corrected chi connectivity index (χ3v) is 6.01. The topological polar surface area (TPSA) is 93.7 Å². The maximum atomic E-state index is 12.6. The van der Waals surface area contributed by atoms with Gasteiger partial charge in [-0.3, -0.25) is 9.52 Å². The first-order valence-corrected chi connectivity index (χ1v) is 11.1. The van der Waals surface area contributed by atoms with Crippen LogP contribution in [-0.2, 0) is 14.8 Å². The molecule has 0 spiro atoms. The SMILES string of the molecule is COc1ccc(NS(=O)(=O)c2ccc(OCC(=O)Nc3ccccc3C)c(Cl)c2)cc1. The zero-order valence-corrected chi connectivity index (χ0v) is 18.5. The Balaban J connectivity index is 1.64. The Kier molecular flexibility index (Phi) is 7.04. The monoisotopic (exact) mass is 460 g/mol. The van der Waals surface area contributed by atoms with Gasteiger partial charge in [0, 0.05) is 11.4 Å². The van der Waals surface area contributed by atoms with Gasteiger partial charge in [0.1, 0.15) is 11.5 Å². The number of aryl methyl sites for hydroxylation is 1. The lowest BCUT2D eigenvalue weighted by molar-refractivity contribution is -0.118. The number of amides is 1. The Morgan fingerprint density at radius 1 is 1.03 bits per heavy atom. The van der Waals surface area contributed by atoms with E-state index in [0.29, 0.717) is 17.1 Å². The second-order valence-electron chi connectivity index (χ2n) is 6.58. The number of benzene rings is 3. The van der Waals surface area contributed by atoms with Crippen LogP contribution in [0.4, 0.5) is 11.4 Å². The van der Waals surface area contributed by atoms with Crippen molar-refractivity contribution in [2.45, 2.75) is 11.8 Å². The number of anilines is 2. The van der Waals surface area contributed by atoms with E-state index >= 15 is 0 Å². The Morgan fingerprint density at radius 2 is 1.74 bits per heavy atom. The molecule has 0 saturated heterocycles. The van der Waals surface area contributed by atoms with Crippen molar-refractivity contribution in [3.05, 3.63) is 77.3 Å². The third-order valence-electron chi connectivity index (χ3n) is 4.33. The second kappa shape index (κ2) is 9.72. The molecular formula is C22H21ClN2O5S. The number of sulfonamides is 1. The molecule has 0 unspecified atom stereocenters. The molecule has 0 saturated carbocycles. The highest BCUT2D eigenvalue weighted by Gasteiger charge is 2.17. The number of rotatable bonds is 8. The highest BCUT2D eigenvalue weighted by molar-refractivity contribution is 7.92. The van der Waals surface area contributed by atoms with Crippen LogP contribution in [0.15, 0.2) is 71.6 Å². The predicted molar refractivity (Wildman–Crippen MR) is 121 cm³/mol. The van der Waals surface area contributed by atoms with E-state index in [-0.39, 0.29) is 28.2 Å². The quantitative estimate of drug-likeness (QED) is 0.517. The van der Waals surface area contributed by atoms with Gasteiger partial charge in [-0.15, -0.1) is 0 Å². The number of methoxy groups -OCH3 is 1. The van der Waals surface area contributed by atoms with Gasteiger partial charge in [0.15, 0.2) is 6.61 Å². The Hall–Kier alpha value is -3.23. The van der Waals surface area contributed by atoms with Gasteiger partial charge in [-0.2, -0.15) is 0 Å². The molecule has 0 aromatic heterocycles. The summed E-state index contributed by atoms with van der Waals surface area (Å²) in [7, 11) is -2.33. The summed E-state index contributed by atoms with van der Waals surface area (Å²) < 4.78 is 38.2. The van der Waals surface area contributed by atoms with Crippen LogP contribution in [0.1, 0.15) is 5.56 Å². The van der Waals surface area contributed by atoms with Crippen LogP contribution in [0, 0.1) is 6.92 Å². The molecule has 0 aliphatic heterocycles. The van der Waals surface area contributed by atoms with Gasteiger partial charge >= 0.3 is 0 Å². The molecule has 0 aliphatic carbocycles. The largest absolute Gasteiger partial charge is 0.497 e. The maximum absolute atomic E-state index is 12.6. The minimum Gasteiger partial charge on any atom is -0.497 e. The lowest BCUT2D eigenvalue weighted by Crippen LogP contribution is -2.20. The molecule has 7 nitrogen and oxygen atoms in total. The first-order chi connectivity index (χ1) is 14.8. The minimum absolute atomic E-state index is 0.0370. The van der Waals surface area contributed by atoms with Crippen LogP contribution in [-0.4, -0.2) is 28.0 Å². The summed E-state index contributed by atoms with van der Waals surface area (Å²) >= 11 is 6.18. The zero-order chi connectivity index (χ0) is 22.4. The molecule has 0 heterocycles. The number of ether oxygens (including phenoxy) is 2. The van der Waals surface area contributed by atoms with E-state index < -0.39 is 10.0 Å². The Morgan fingerprint density at radius 3 is 2.39 bits per heavy atom. The molecular weight excluding hydrogens is 440 g/mol. The van der Waals surface area contributed by atoms with Gasteiger partial charge in [0.2, 0.25) is 0 Å². The number of carbonyl (C=O) groups is 1. The smallest absolute Gasteiger partial charge is 0.262 e. The van der Waals surface area contributed by atoms with Gasteiger partial charge in [-0.25, -0.2) is 8.42 Å². The molecule has 3 aromatic carbocycles. The first kappa shape index (κ1) is 22.5. The lowest BCUT2D eigenvalue weighted by atomic mass is 10.2. The summed E-state index contributed by atoms with van der Waals surface area (Å²) in [6.45, 7) is 1.61. The van der Waals surface area contributed by atoms with Gasteiger partial charge in [0.05, 0.1) is 17.0 Å². The van der Waals surface area contributed by atoms with E-state index in [0.717, 1.165) is 5.56 Å². The van der Waals surface area contributed by atoms with E-state index in [4.69, 9.17) is 21.1 Å². The summed E-state index contributed by atoms with van der Waals surface area (Å²) in [4.78, 5) is 12.1. The number of nitrogens with one attached hydrogen (secondary N) is 2. The van der Waals surface area contributed by atoms with Crippen LogP contribution < -0.4 is 19.5 Å². The summed E-state index contributed by atoms with van der Waals surface area (Å²) in [6, 6.07) is 17.8. The molecule has 9 heteroatoms. The number of para-hydroxylation sites is 1. The number of hydrogen-bond donors (Lipinski definition) is 2. The predicted octanol–water partition coefficient (Wildman–Crippen LogP) is 4.48. The molecule has 0 radical (unpaired) electrons. The first-order valence-electron chi connectivity index (χ1n) is 9.23. The van der Waals surface area contributed by atoms with Crippen LogP contribution in [0.5, 0.6) is 11.5 Å². The molecule has 0 bridgehead atoms. The Bertz CT molecular complexity index is 1180. The standard InChI is InChI=1S/C22H21ClN2O5S/c1-15-5-3-4-6-20(15)24-22(26)14-30-21-12-11-18(13-19(21)23)31(27,28)25-16-7-9-17(29-2)10-8-16/h3-13,25H,14H2,1-2H3,(H,24,26). The van der Waals surface area contributed by atoms with Crippen LogP contribution in [0.3, 0.4) is 0 Å². The molecule has 0 atom stereocenters. The van der Waals surface area contributed by atoms with E-state index in [1.165, 1.54) is 25.3 Å². The molecule has 1 amide bonds. The average molecular weight is 461 g/mol. The van der Waals surface area contributed by atoms with Crippen molar-refractivity contribution in [1.82, 2.24) is 0 Å². The second-order valence-corrected chi connectivity index (χ2v) is 8.67. The minimum atomic E-state index is -3.86. The zero-order valence-electron chi connectivity index (χ0n) is 16.9. The van der Waals surface area contributed by atoms with Crippen LogP contribution in [0.2, 0.25) is 5.02 Å². The summed E-state index contributed by atoms with van der Waals surface area (Å²) in [5.74, 6) is 0.451. The summed E-state index contributed by atoms with van der Waals surface area (Å²) in [6.07, 6.45) is 0. The van der Waals surface area contributed by atoms with Gasteiger partial charge in [-0.1, -0.05) is 29.8 Å². The molecule has 0 aliphatic rings. The van der Waals surface area contributed by atoms with Crippen molar-refractivity contribution in [3.63, 3.8) is 0 Å².